The molecule has 1 saturated carbocycles. The van der Waals surface area contributed by atoms with Gasteiger partial charge in [0.05, 0.1) is 0 Å². The van der Waals surface area contributed by atoms with E-state index < -0.39 is 10.2 Å². The second-order valence-electron chi connectivity index (χ2n) is 6.37. The molecule has 0 atom stereocenters. The Bertz CT molecular complexity index is 395. The van der Waals surface area contributed by atoms with Gasteiger partial charge in [-0.3, -0.25) is 0 Å². The zero-order valence-corrected chi connectivity index (χ0v) is 13.4. The van der Waals surface area contributed by atoms with Crippen molar-refractivity contribution in [3.8, 4) is 0 Å². The first-order chi connectivity index (χ1) is 9.50. The normalized spacial score (nSPS) is 24.4. The summed E-state index contributed by atoms with van der Waals surface area (Å²) < 4.78 is 27.9. The number of hydrogen-bond acceptors (Lipinski definition) is 3. The molecular formula is C14H28N2O3S. The molecule has 1 aliphatic heterocycles. The summed E-state index contributed by atoms with van der Waals surface area (Å²) >= 11 is 0. The Kier molecular flexibility index (Phi) is 5.45. The number of rotatable bonds is 5. The molecule has 1 aliphatic carbocycles. The van der Waals surface area contributed by atoms with E-state index in [1.807, 2.05) is 0 Å². The lowest BCUT2D eigenvalue weighted by Crippen LogP contribution is -2.48. The van der Waals surface area contributed by atoms with E-state index in [1.165, 1.54) is 36.4 Å². The maximum absolute atomic E-state index is 12.4. The number of nitrogens with zero attached hydrogens (tertiary/aromatic N) is 2. The highest BCUT2D eigenvalue weighted by Gasteiger charge is 2.39. The van der Waals surface area contributed by atoms with E-state index in [9.17, 15) is 8.42 Å². The van der Waals surface area contributed by atoms with E-state index in [0.717, 1.165) is 12.8 Å². The van der Waals surface area contributed by atoms with E-state index in [4.69, 9.17) is 5.11 Å². The second kappa shape index (κ2) is 6.73. The van der Waals surface area contributed by atoms with E-state index >= 15 is 0 Å². The molecule has 0 bridgehead atoms. The van der Waals surface area contributed by atoms with Gasteiger partial charge in [0.25, 0.3) is 10.2 Å². The van der Waals surface area contributed by atoms with Crippen molar-refractivity contribution < 1.29 is 13.5 Å². The van der Waals surface area contributed by atoms with Gasteiger partial charge in [0.15, 0.2) is 0 Å². The van der Waals surface area contributed by atoms with Crippen molar-refractivity contribution >= 4 is 10.2 Å². The van der Waals surface area contributed by atoms with Gasteiger partial charge < -0.3 is 5.11 Å². The molecule has 2 rings (SSSR count). The van der Waals surface area contributed by atoms with Gasteiger partial charge in [0.2, 0.25) is 0 Å². The van der Waals surface area contributed by atoms with Crippen LogP contribution in [0.5, 0.6) is 0 Å². The highest BCUT2D eigenvalue weighted by Crippen LogP contribution is 2.44. The molecule has 0 unspecified atom stereocenters. The highest BCUT2D eigenvalue weighted by molar-refractivity contribution is 7.86. The summed E-state index contributed by atoms with van der Waals surface area (Å²) in [5.41, 5.74) is 0.425. The van der Waals surface area contributed by atoms with Crippen LogP contribution in [0.15, 0.2) is 0 Å². The van der Waals surface area contributed by atoms with Crippen LogP contribution in [0.2, 0.25) is 0 Å². The molecule has 1 N–H and O–H groups in total. The molecule has 2 aliphatic rings. The van der Waals surface area contributed by atoms with Crippen LogP contribution in [0.3, 0.4) is 0 Å². The minimum absolute atomic E-state index is 0.0307. The fraction of sp³-hybridized carbons (Fsp3) is 1.00. The first-order valence-corrected chi connectivity index (χ1v) is 9.22. The van der Waals surface area contributed by atoms with Crippen LogP contribution in [0, 0.1) is 5.41 Å². The van der Waals surface area contributed by atoms with Crippen LogP contribution in [0.25, 0.3) is 0 Å². The van der Waals surface area contributed by atoms with Crippen molar-refractivity contribution in [2.24, 2.45) is 5.41 Å². The fourth-order valence-electron chi connectivity index (χ4n) is 3.60. The van der Waals surface area contributed by atoms with Gasteiger partial charge in [0, 0.05) is 33.3 Å². The summed E-state index contributed by atoms with van der Waals surface area (Å²) in [5.74, 6) is 0. The Morgan fingerprint density at radius 2 is 1.70 bits per heavy atom. The average molecular weight is 304 g/mol. The van der Waals surface area contributed by atoms with Crippen molar-refractivity contribution in [3.63, 3.8) is 0 Å². The van der Waals surface area contributed by atoms with Gasteiger partial charge in [0.1, 0.15) is 0 Å². The van der Waals surface area contributed by atoms with Crippen LogP contribution in [0.4, 0.5) is 0 Å². The number of piperidine rings is 1. The molecule has 0 aromatic heterocycles. The van der Waals surface area contributed by atoms with Gasteiger partial charge in [-0.1, -0.05) is 19.3 Å². The first-order valence-electron chi connectivity index (χ1n) is 7.82. The molecule has 0 aromatic rings. The first kappa shape index (κ1) is 16.2. The predicted octanol–water partition coefficient (Wildman–Crippen LogP) is 1.59. The number of aliphatic hydroxyl groups excluding tert-OH is 1. The van der Waals surface area contributed by atoms with Crippen LogP contribution < -0.4 is 0 Å². The van der Waals surface area contributed by atoms with Crippen LogP contribution in [-0.4, -0.2) is 55.4 Å². The van der Waals surface area contributed by atoms with Gasteiger partial charge in [-0.15, -0.1) is 0 Å². The van der Waals surface area contributed by atoms with Gasteiger partial charge in [-0.25, -0.2) is 0 Å². The molecule has 20 heavy (non-hydrogen) atoms. The second-order valence-corrected chi connectivity index (χ2v) is 8.40. The molecule has 6 heteroatoms. The van der Waals surface area contributed by atoms with Crippen molar-refractivity contribution in [2.75, 3.05) is 33.3 Å². The van der Waals surface area contributed by atoms with Crippen LogP contribution >= 0.6 is 0 Å². The van der Waals surface area contributed by atoms with Gasteiger partial charge in [-0.05, 0) is 37.5 Å². The summed E-state index contributed by atoms with van der Waals surface area (Å²) in [5, 5.41) is 8.82. The summed E-state index contributed by atoms with van der Waals surface area (Å²) in [6, 6.07) is 0. The van der Waals surface area contributed by atoms with Crippen molar-refractivity contribution in [1.82, 2.24) is 8.61 Å². The summed E-state index contributed by atoms with van der Waals surface area (Å²) in [6.07, 6.45) is 9.04. The molecule has 1 spiro atoms. The third kappa shape index (κ3) is 3.53. The monoisotopic (exact) mass is 304 g/mol. The molecule has 0 aromatic carbocycles. The standard InChI is InChI=1S/C14H28N2O3S/c1-15(10-5-13-17)20(18,19)16-11-8-14(9-12-16)6-3-2-4-7-14/h17H,2-13H2,1H3. The molecule has 2 fully saturated rings. The maximum atomic E-state index is 12.4. The quantitative estimate of drug-likeness (QED) is 0.839. The maximum Gasteiger partial charge on any atom is 0.281 e. The van der Waals surface area contributed by atoms with E-state index in [2.05, 4.69) is 0 Å². The average Bonchev–Trinajstić information content (AvgIpc) is 2.46. The molecule has 1 heterocycles. The zero-order valence-electron chi connectivity index (χ0n) is 12.6. The Hall–Kier alpha value is -0.170. The SMILES string of the molecule is CN(CCCO)S(=O)(=O)N1CCC2(CCCCC2)CC1. The Morgan fingerprint density at radius 1 is 1.10 bits per heavy atom. The third-order valence-corrected chi connectivity index (χ3v) is 7.04. The zero-order chi connectivity index (χ0) is 14.6. The molecule has 1 saturated heterocycles. The van der Waals surface area contributed by atoms with E-state index in [-0.39, 0.29) is 6.61 Å². The largest absolute Gasteiger partial charge is 0.396 e. The van der Waals surface area contributed by atoms with E-state index in [1.54, 1.807) is 11.4 Å². The fourth-order valence-corrected chi connectivity index (χ4v) is 5.00. The molecule has 118 valence electrons. The molecular weight excluding hydrogens is 276 g/mol. The van der Waals surface area contributed by atoms with Crippen molar-refractivity contribution in [1.29, 1.82) is 0 Å². The summed E-state index contributed by atoms with van der Waals surface area (Å²) in [6.45, 7) is 1.74. The Morgan fingerprint density at radius 3 is 2.25 bits per heavy atom. The number of hydrogen-bond donors (Lipinski definition) is 1. The lowest BCUT2D eigenvalue weighted by Gasteiger charge is -2.44. The Balaban J connectivity index is 1.92. The number of aliphatic hydroxyl groups is 1. The molecule has 0 radical (unpaired) electrons. The topological polar surface area (TPSA) is 60.9 Å². The van der Waals surface area contributed by atoms with Gasteiger partial charge in [-0.2, -0.15) is 17.0 Å². The molecule has 0 amide bonds. The molecule has 5 nitrogen and oxygen atoms in total. The van der Waals surface area contributed by atoms with Crippen molar-refractivity contribution in [3.05, 3.63) is 0 Å². The van der Waals surface area contributed by atoms with E-state index in [0.29, 0.717) is 31.5 Å². The van der Waals surface area contributed by atoms with Gasteiger partial charge >= 0.3 is 0 Å². The third-order valence-electron chi connectivity index (χ3n) is 5.05. The lowest BCUT2D eigenvalue weighted by molar-refractivity contribution is 0.0997. The Labute approximate surface area is 123 Å². The smallest absolute Gasteiger partial charge is 0.281 e. The van der Waals surface area contributed by atoms with Crippen LogP contribution in [0.1, 0.15) is 51.4 Å². The minimum Gasteiger partial charge on any atom is -0.396 e. The van der Waals surface area contributed by atoms with Crippen LogP contribution in [-0.2, 0) is 10.2 Å². The lowest BCUT2D eigenvalue weighted by atomic mass is 9.68. The highest BCUT2D eigenvalue weighted by atomic mass is 32.2. The summed E-state index contributed by atoms with van der Waals surface area (Å²) in [7, 11) is -1.73. The predicted molar refractivity (Wildman–Crippen MR) is 79.6 cm³/mol. The minimum atomic E-state index is -3.33. The summed E-state index contributed by atoms with van der Waals surface area (Å²) in [4.78, 5) is 0. The van der Waals surface area contributed by atoms with Crippen molar-refractivity contribution in [2.45, 2.75) is 51.4 Å².